The fourth-order valence-electron chi connectivity index (χ4n) is 4.84. The van der Waals surface area contributed by atoms with Gasteiger partial charge in [-0.1, -0.05) is 12.8 Å². The molecule has 170 valence electrons. The number of rotatable bonds is 5. The van der Waals surface area contributed by atoms with Crippen molar-refractivity contribution >= 4 is 18.0 Å². The Bertz CT molecular complexity index is 641. The first-order chi connectivity index (χ1) is 14.2. The van der Waals surface area contributed by atoms with Gasteiger partial charge < -0.3 is 19.7 Å². The highest BCUT2D eigenvalue weighted by atomic mass is 16.6. The Kier molecular flexibility index (Phi) is 7.26. The first-order valence-corrected chi connectivity index (χ1v) is 11.4. The second-order valence-corrected chi connectivity index (χ2v) is 9.68. The third kappa shape index (κ3) is 5.45. The topological polar surface area (TPSA) is 88.2 Å². The van der Waals surface area contributed by atoms with Crippen LogP contribution in [0.5, 0.6) is 0 Å². The molecule has 3 fully saturated rings. The van der Waals surface area contributed by atoms with E-state index < -0.39 is 23.7 Å². The minimum Gasteiger partial charge on any atom is -0.464 e. The van der Waals surface area contributed by atoms with E-state index in [4.69, 9.17) is 9.47 Å². The predicted octanol–water partition coefficient (Wildman–Crippen LogP) is 2.31. The van der Waals surface area contributed by atoms with Crippen LogP contribution in [0.15, 0.2) is 0 Å². The van der Waals surface area contributed by atoms with E-state index >= 15 is 0 Å². The second kappa shape index (κ2) is 9.54. The zero-order valence-corrected chi connectivity index (χ0v) is 18.8. The third-order valence-electron chi connectivity index (χ3n) is 6.21. The number of carbonyl (C=O) groups excluding carboxylic acids is 3. The van der Waals surface area contributed by atoms with Gasteiger partial charge in [0, 0.05) is 37.6 Å². The molecule has 0 spiro atoms. The summed E-state index contributed by atoms with van der Waals surface area (Å²) in [6.45, 7) is 9.30. The molecule has 8 heteroatoms. The largest absolute Gasteiger partial charge is 0.464 e. The average Bonchev–Trinajstić information content (AvgIpc) is 3.41. The van der Waals surface area contributed by atoms with Gasteiger partial charge in [0.15, 0.2) is 0 Å². The molecule has 1 saturated carbocycles. The van der Waals surface area contributed by atoms with Crippen molar-refractivity contribution in [1.82, 2.24) is 15.1 Å². The molecule has 8 nitrogen and oxygen atoms in total. The van der Waals surface area contributed by atoms with Crippen LogP contribution in [0.3, 0.4) is 0 Å². The van der Waals surface area contributed by atoms with Crippen LogP contribution in [0.2, 0.25) is 0 Å². The summed E-state index contributed by atoms with van der Waals surface area (Å²) in [5, 5.41) is 3.55. The van der Waals surface area contributed by atoms with E-state index in [0.29, 0.717) is 19.5 Å². The molecule has 0 aromatic carbocycles. The van der Waals surface area contributed by atoms with Gasteiger partial charge >= 0.3 is 12.1 Å². The maximum Gasteiger partial charge on any atom is 0.411 e. The molecule has 3 aliphatic rings. The molecule has 1 N–H and O–H groups in total. The minimum absolute atomic E-state index is 0.121. The summed E-state index contributed by atoms with van der Waals surface area (Å²) >= 11 is 0. The van der Waals surface area contributed by atoms with Gasteiger partial charge in [0.05, 0.1) is 6.61 Å². The molecule has 0 bridgehead atoms. The van der Waals surface area contributed by atoms with Gasteiger partial charge in [-0.2, -0.15) is 0 Å². The van der Waals surface area contributed by atoms with Crippen molar-refractivity contribution in [1.29, 1.82) is 0 Å². The molecular weight excluding hydrogens is 386 g/mol. The summed E-state index contributed by atoms with van der Waals surface area (Å²) in [6.07, 6.45) is 5.32. The fourth-order valence-corrected chi connectivity index (χ4v) is 4.84. The van der Waals surface area contributed by atoms with E-state index in [1.165, 1.54) is 4.90 Å². The van der Waals surface area contributed by atoms with Crippen LogP contribution in [0, 0.1) is 5.92 Å². The van der Waals surface area contributed by atoms with Crippen LogP contribution < -0.4 is 5.32 Å². The number of hydrogen-bond acceptors (Lipinski definition) is 6. The Balaban J connectivity index is 1.62. The molecule has 30 heavy (non-hydrogen) atoms. The lowest BCUT2D eigenvalue weighted by molar-refractivity contribution is -0.149. The van der Waals surface area contributed by atoms with Crippen LogP contribution in [-0.2, 0) is 19.1 Å². The highest BCUT2D eigenvalue weighted by Gasteiger charge is 2.45. The van der Waals surface area contributed by atoms with Gasteiger partial charge in [-0.15, -0.1) is 0 Å². The van der Waals surface area contributed by atoms with Gasteiger partial charge in [0.25, 0.3) is 0 Å². The summed E-state index contributed by atoms with van der Waals surface area (Å²) in [6, 6.07) is -0.793. The maximum absolute atomic E-state index is 12.7. The highest BCUT2D eigenvalue weighted by molar-refractivity contribution is 5.83. The van der Waals surface area contributed by atoms with Crippen LogP contribution >= 0.6 is 0 Å². The molecule has 0 aromatic rings. The number of likely N-dealkylation sites (tertiary alicyclic amines) is 2. The molecule has 0 radical (unpaired) electrons. The Morgan fingerprint density at radius 2 is 1.73 bits per heavy atom. The van der Waals surface area contributed by atoms with Crippen molar-refractivity contribution in [2.45, 2.75) is 89.9 Å². The molecule has 3 unspecified atom stereocenters. The predicted molar refractivity (Wildman–Crippen MR) is 112 cm³/mol. The molecule has 3 atom stereocenters. The summed E-state index contributed by atoms with van der Waals surface area (Å²) in [5.74, 6) is 0.0564. The van der Waals surface area contributed by atoms with E-state index in [0.717, 1.165) is 38.6 Å². The highest BCUT2D eigenvalue weighted by Crippen LogP contribution is 2.29. The van der Waals surface area contributed by atoms with Crippen LogP contribution in [-0.4, -0.2) is 77.7 Å². The number of nitrogens with zero attached hydrogens (tertiary/aromatic N) is 2. The molecular formula is C22H37N3O5. The second-order valence-electron chi connectivity index (χ2n) is 9.68. The van der Waals surface area contributed by atoms with Crippen LogP contribution in [0.1, 0.15) is 66.2 Å². The smallest absolute Gasteiger partial charge is 0.411 e. The van der Waals surface area contributed by atoms with Crippen molar-refractivity contribution in [2.75, 3.05) is 26.2 Å². The SMILES string of the molecule is CCOC(=O)C1C(NC2CCN(C(=O)C3CCCC3)C2)CCN1C(=O)OC(C)(C)C. The number of amides is 2. The number of nitrogens with one attached hydrogen (secondary N) is 1. The van der Waals surface area contributed by atoms with E-state index in [1.54, 1.807) is 6.92 Å². The van der Waals surface area contributed by atoms with Crippen molar-refractivity contribution < 1.29 is 23.9 Å². The van der Waals surface area contributed by atoms with E-state index in [-0.39, 0.29) is 30.5 Å². The molecule has 1 aliphatic carbocycles. The summed E-state index contributed by atoms with van der Waals surface area (Å²) in [5.41, 5.74) is -0.631. The zero-order chi connectivity index (χ0) is 21.9. The lowest BCUT2D eigenvalue weighted by atomic mass is 10.1. The van der Waals surface area contributed by atoms with Crippen LogP contribution in [0.25, 0.3) is 0 Å². The van der Waals surface area contributed by atoms with Gasteiger partial charge in [0.2, 0.25) is 5.91 Å². The van der Waals surface area contributed by atoms with E-state index in [9.17, 15) is 14.4 Å². The van der Waals surface area contributed by atoms with Crippen LogP contribution in [0.4, 0.5) is 4.79 Å². The quantitative estimate of drug-likeness (QED) is 0.683. The van der Waals surface area contributed by atoms with Crippen molar-refractivity contribution in [2.24, 2.45) is 5.92 Å². The molecule has 2 aliphatic heterocycles. The molecule has 2 saturated heterocycles. The first-order valence-electron chi connectivity index (χ1n) is 11.4. The van der Waals surface area contributed by atoms with Gasteiger partial charge in [0.1, 0.15) is 11.6 Å². The third-order valence-corrected chi connectivity index (χ3v) is 6.21. The zero-order valence-electron chi connectivity index (χ0n) is 18.8. The van der Waals surface area contributed by atoms with Gasteiger partial charge in [-0.3, -0.25) is 9.69 Å². The van der Waals surface area contributed by atoms with Crippen molar-refractivity contribution in [3.63, 3.8) is 0 Å². The Morgan fingerprint density at radius 1 is 1.03 bits per heavy atom. The average molecular weight is 424 g/mol. The van der Waals surface area contributed by atoms with Crippen molar-refractivity contribution in [3.8, 4) is 0 Å². The number of ether oxygens (including phenoxy) is 2. The number of hydrogen-bond donors (Lipinski definition) is 1. The lowest BCUT2D eigenvalue weighted by Crippen LogP contribution is -2.53. The standard InChI is InChI=1S/C22H37N3O5/c1-5-29-20(27)18-17(11-13-25(18)21(28)30-22(2,3)4)23-16-10-12-24(14-16)19(26)15-8-6-7-9-15/h15-18,23H,5-14H2,1-4H3. The maximum atomic E-state index is 12.7. The normalized spacial score (nSPS) is 27.5. The summed E-state index contributed by atoms with van der Waals surface area (Å²) in [4.78, 5) is 41.5. The van der Waals surface area contributed by atoms with E-state index in [1.807, 2.05) is 25.7 Å². The molecule has 3 rings (SSSR count). The lowest BCUT2D eigenvalue weighted by Gasteiger charge is -2.30. The Labute approximate surface area is 179 Å². The monoisotopic (exact) mass is 423 g/mol. The van der Waals surface area contributed by atoms with Crippen molar-refractivity contribution in [3.05, 3.63) is 0 Å². The Hall–Kier alpha value is -1.83. The summed E-state index contributed by atoms with van der Waals surface area (Å²) < 4.78 is 10.8. The van der Waals surface area contributed by atoms with Gasteiger partial charge in [-0.05, 0) is 53.4 Å². The minimum atomic E-state index is -0.709. The van der Waals surface area contributed by atoms with E-state index in [2.05, 4.69) is 5.32 Å². The first kappa shape index (κ1) is 22.8. The fraction of sp³-hybridized carbons (Fsp3) is 0.864. The number of esters is 1. The van der Waals surface area contributed by atoms with Gasteiger partial charge in [-0.25, -0.2) is 9.59 Å². The molecule has 2 amide bonds. The summed E-state index contributed by atoms with van der Waals surface area (Å²) in [7, 11) is 0. The molecule has 0 aromatic heterocycles. The Morgan fingerprint density at radius 3 is 2.37 bits per heavy atom. The molecule has 2 heterocycles. The number of carbonyl (C=O) groups is 3.